The van der Waals surface area contributed by atoms with E-state index in [-0.39, 0.29) is 34.1 Å². The minimum atomic E-state index is -0.375. The molecule has 1 unspecified atom stereocenters. The highest BCUT2D eigenvalue weighted by molar-refractivity contribution is 5.81. The Morgan fingerprint density at radius 3 is 2.56 bits per heavy atom. The van der Waals surface area contributed by atoms with Gasteiger partial charge in [0, 0.05) is 23.5 Å². The van der Waals surface area contributed by atoms with Gasteiger partial charge in [0.2, 0.25) is 11.8 Å². The summed E-state index contributed by atoms with van der Waals surface area (Å²) in [5, 5.41) is 6.59. The number of rotatable bonds is 3. The van der Waals surface area contributed by atoms with E-state index in [4.69, 9.17) is 0 Å². The molecule has 32 heavy (non-hydrogen) atoms. The summed E-state index contributed by atoms with van der Waals surface area (Å²) in [6, 6.07) is 10.3. The zero-order valence-corrected chi connectivity index (χ0v) is 20.0. The zero-order chi connectivity index (χ0) is 22.7. The third kappa shape index (κ3) is 3.24. The molecule has 2 saturated carbocycles. The predicted molar refractivity (Wildman–Crippen MR) is 126 cm³/mol. The van der Waals surface area contributed by atoms with Crippen molar-refractivity contribution in [3.63, 3.8) is 0 Å². The Labute approximate surface area is 192 Å². The number of carbonyl (C=O) groups is 2. The average molecular weight is 435 g/mol. The Morgan fingerprint density at radius 2 is 1.81 bits per heavy atom. The van der Waals surface area contributed by atoms with Crippen LogP contribution in [0.1, 0.15) is 78.2 Å². The fourth-order valence-corrected chi connectivity index (χ4v) is 7.95. The molecular formula is C28H38N2O2. The fourth-order valence-electron chi connectivity index (χ4n) is 7.95. The van der Waals surface area contributed by atoms with Crippen LogP contribution < -0.4 is 10.6 Å². The normalized spacial score (nSPS) is 38.6. The number of hydrogen-bond acceptors (Lipinski definition) is 2. The third-order valence-corrected chi connectivity index (χ3v) is 9.86. The second kappa shape index (κ2) is 7.46. The van der Waals surface area contributed by atoms with E-state index in [0.29, 0.717) is 24.2 Å². The first-order valence-electron chi connectivity index (χ1n) is 12.5. The molecule has 1 aliphatic heterocycles. The van der Waals surface area contributed by atoms with Crippen molar-refractivity contribution in [2.24, 2.45) is 34.5 Å². The van der Waals surface area contributed by atoms with E-state index in [9.17, 15) is 9.59 Å². The van der Waals surface area contributed by atoms with Gasteiger partial charge in [-0.1, -0.05) is 50.3 Å². The number of hydrogen-bond donors (Lipinski definition) is 2. The van der Waals surface area contributed by atoms with Crippen molar-refractivity contribution in [2.75, 3.05) is 0 Å². The summed E-state index contributed by atoms with van der Waals surface area (Å²) < 4.78 is 0. The van der Waals surface area contributed by atoms with Gasteiger partial charge >= 0.3 is 0 Å². The molecule has 0 aromatic heterocycles. The number of benzene rings is 1. The van der Waals surface area contributed by atoms with E-state index < -0.39 is 0 Å². The fraction of sp³-hybridized carbons (Fsp3) is 0.643. The highest BCUT2D eigenvalue weighted by atomic mass is 16.2. The van der Waals surface area contributed by atoms with Crippen molar-refractivity contribution in [3.8, 4) is 0 Å². The summed E-state index contributed by atoms with van der Waals surface area (Å²) in [7, 11) is 0. The lowest BCUT2D eigenvalue weighted by atomic mass is 9.49. The van der Waals surface area contributed by atoms with E-state index in [1.54, 1.807) is 0 Å². The van der Waals surface area contributed by atoms with Gasteiger partial charge in [0.25, 0.3) is 0 Å². The highest BCUT2D eigenvalue weighted by Gasteiger charge is 2.60. The molecule has 5 rings (SSSR count). The van der Waals surface area contributed by atoms with Crippen molar-refractivity contribution >= 4 is 11.8 Å². The van der Waals surface area contributed by atoms with Crippen molar-refractivity contribution in [2.45, 2.75) is 78.2 Å². The number of piperidine rings is 1. The van der Waals surface area contributed by atoms with Crippen LogP contribution in [0, 0.1) is 34.5 Å². The van der Waals surface area contributed by atoms with Crippen molar-refractivity contribution < 1.29 is 9.59 Å². The van der Waals surface area contributed by atoms with Crippen LogP contribution >= 0.6 is 0 Å². The smallest absolute Gasteiger partial charge is 0.224 e. The summed E-state index contributed by atoms with van der Waals surface area (Å²) in [5.74, 6) is 2.31. The lowest BCUT2D eigenvalue weighted by Crippen LogP contribution is -2.54. The summed E-state index contributed by atoms with van der Waals surface area (Å²) in [6.45, 7) is 8.99. The number of carbonyl (C=O) groups excluding carboxylic acids is 2. The Balaban J connectivity index is 1.36. The molecule has 1 aromatic carbocycles. The molecule has 1 aromatic rings. The Hall–Kier alpha value is -2.10. The maximum atomic E-state index is 13.6. The van der Waals surface area contributed by atoms with Crippen LogP contribution in [0.2, 0.25) is 0 Å². The maximum Gasteiger partial charge on any atom is 0.224 e. The zero-order valence-electron chi connectivity index (χ0n) is 20.0. The first kappa shape index (κ1) is 21.7. The second-order valence-electron chi connectivity index (χ2n) is 11.9. The molecule has 2 N–H and O–H groups in total. The first-order chi connectivity index (χ1) is 15.1. The average Bonchev–Trinajstić information content (AvgIpc) is 3.12. The second-order valence-corrected chi connectivity index (χ2v) is 11.9. The van der Waals surface area contributed by atoms with Crippen LogP contribution in [0.5, 0.6) is 0 Å². The topological polar surface area (TPSA) is 58.2 Å². The van der Waals surface area contributed by atoms with E-state index in [1.807, 2.05) is 18.2 Å². The lowest BCUT2D eigenvalue weighted by molar-refractivity contribution is -0.134. The summed E-state index contributed by atoms with van der Waals surface area (Å²) >= 11 is 0. The Kier molecular flexibility index (Phi) is 5.07. The van der Waals surface area contributed by atoms with Gasteiger partial charge in [0.05, 0.1) is 5.54 Å². The van der Waals surface area contributed by atoms with Crippen LogP contribution in [-0.4, -0.2) is 11.8 Å². The summed E-state index contributed by atoms with van der Waals surface area (Å²) in [5.41, 5.74) is 2.11. The molecule has 2 amide bonds. The molecule has 4 heteroatoms. The van der Waals surface area contributed by atoms with Gasteiger partial charge in [-0.25, -0.2) is 0 Å². The van der Waals surface area contributed by atoms with Crippen LogP contribution in [0.15, 0.2) is 42.1 Å². The molecule has 3 fully saturated rings. The minimum absolute atomic E-state index is 0.0671. The predicted octanol–water partition coefficient (Wildman–Crippen LogP) is 5.30. The van der Waals surface area contributed by atoms with Gasteiger partial charge in [-0.05, 0) is 81.1 Å². The number of allylic oxidation sites excluding steroid dienone is 2. The van der Waals surface area contributed by atoms with E-state index >= 15 is 0 Å². The molecule has 3 aliphatic carbocycles. The molecule has 4 nitrogen and oxygen atoms in total. The summed E-state index contributed by atoms with van der Waals surface area (Å²) in [6.07, 6.45) is 9.36. The molecular weight excluding hydrogens is 396 g/mol. The van der Waals surface area contributed by atoms with E-state index in [1.165, 1.54) is 5.70 Å². The lowest BCUT2D eigenvalue weighted by Gasteiger charge is -2.57. The largest absolute Gasteiger partial charge is 0.347 e. The van der Waals surface area contributed by atoms with Crippen LogP contribution in [0.3, 0.4) is 0 Å². The van der Waals surface area contributed by atoms with Gasteiger partial charge in [-0.15, -0.1) is 0 Å². The quantitative estimate of drug-likeness (QED) is 0.678. The van der Waals surface area contributed by atoms with Crippen molar-refractivity contribution in [1.82, 2.24) is 10.6 Å². The van der Waals surface area contributed by atoms with Gasteiger partial charge in [0.1, 0.15) is 0 Å². The SMILES string of the molecule is CC(C)(NC(=O)C1CC[C@H]2[C@@H]3CC=C4NC(=O)CC[C@]4(C)[C@@H]3CC[C@]12C)c1ccccc1. The first-order valence-corrected chi connectivity index (χ1v) is 12.5. The molecule has 1 saturated heterocycles. The standard InChI is InChI=1S/C28H38N2O2/c1-26(2,18-8-6-5-7-9-18)30-25(32)22-12-11-20-19-10-13-23-28(4,17-15-24(31)29-23)21(19)14-16-27(20,22)3/h5-9,13,19-22H,10-12,14-17H2,1-4H3,(H,29,31)(H,30,32)/t19-,20-,21+,22?,27-,28+/m0/s1. The maximum absolute atomic E-state index is 13.6. The highest BCUT2D eigenvalue weighted by Crippen LogP contribution is 2.65. The Bertz CT molecular complexity index is 951. The van der Waals surface area contributed by atoms with Gasteiger partial charge in [-0.3, -0.25) is 9.59 Å². The van der Waals surface area contributed by atoms with E-state index in [0.717, 1.165) is 44.1 Å². The summed E-state index contributed by atoms with van der Waals surface area (Å²) in [4.78, 5) is 25.6. The molecule has 4 aliphatic rings. The molecule has 1 heterocycles. The van der Waals surface area contributed by atoms with Crippen LogP contribution in [0.25, 0.3) is 0 Å². The molecule has 0 radical (unpaired) electrons. The van der Waals surface area contributed by atoms with Crippen LogP contribution in [0.4, 0.5) is 0 Å². The van der Waals surface area contributed by atoms with Gasteiger partial charge in [0.15, 0.2) is 0 Å². The molecule has 172 valence electrons. The third-order valence-electron chi connectivity index (χ3n) is 9.86. The minimum Gasteiger partial charge on any atom is -0.347 e. The number of amides is 2. The van der Waals surface area contributed by atoms with Crippen molar-refractivity contribution in [3.05, 3.63) is 47.7 Å². The molecule has 6 atom stereocenters. The molecule has 0 spiro atoms. The van der Waals surface area contributed by atoms with E-state index in [2.05, 4.69) is 56.5 Å². The number of fused-ring (bicyclic) bond motifs is 5. The van der Waals surface area contributed by atoms with Gasteiger partial charge < -0.3 is 10.6 Å². The van der Waals surface area contributed by atoms with Gasteiger partial charge in [-0.2, -0.15) is 0 Å². The monoisotopic (exact) mass is 434 g/mol. The number of nitrogens with one attached hydrogen (secondary N) is 2. The van der Waals surface area contributed by atoms with Crippen LogP contribution in [-0.2, 0) is 15.1 Å². The Morgan fingerprint density at radius 1 is 1.06 bits per heavy atom. The van der Waals surface area contributed by atoms with Crippen molar-refractivity contribution in [1.29, 1.82) is 0 Å². The molecule has 0 bridgehead atoms.